The van der Waals surface area contributed by atoms with Gasteiger partial charge in [-0.05, 0) is 12.8 Å². The Labute approximate surface area is 74.4 Å². The number of nitrogens with one attached hydrogen (secondary N) is 1. The van der Waals surface area contributed by atoms with E-state index in [1.165, 1.54) is 0 Å². The summed E-state index contributed by atoms with van der Waals surface area (Å²) in [6.07, 6.45) is 0. The standard InChI is InChI=1S/C9H17N3/c1-4-5-6-11-9(10)12-7-8(2)3/h8H,6-7H2,1-3H3,(H3,10,11,12). The topological polar surface area (TPSA) is 50.4 Å². The van der Waals surface area contributed by atoms with Gasteiger partial charge in [-0.2, -0.15) is 0 Å². The number of hydrogen-bond acceptors (Lipinski definition) is 1. The lowest BCUT2D eigenvalue weighted by molar-refractivity contribution is 0.662. The molecule has 0 heterocycles. The minimum absolute atomic E-state index is 0.478. The van der Waals surface area contributed by atoms with Crippen molar-refractivity contribution in [3.8, 4) is 11.8 Å². The number of nitrogens with two attached hydrogens (primary N) is 1. The highest BCUT2D eigenvalue weighted by Gasteiger charge is 1.91. The molecule has 0 rings (SSSR count). The molecule has 0 aliphatic carbocycles. The summed E-state index contributed by atoms with van der Waals surface area (Å²) in [5.74, 6) is 6.63. The van der Waals surface area contributed by atoms with Crippen molar-refractivity contribution in [3.05, 3.63) is 0 Å². The Kier molecular flexibility index (Phi) is 5.90. The third-order valence-electron chi connectivity index (χ3n) is 1.16. The SMILES string of the molecule is CC#CCNC(N)=NCC(C)C. The van der Waals surface area contributed by atoms with Crippen molar-refractivity contribution >= 4 is 5.96 Å². The van der Waals surface area contributed by atoms with Gasteiger partial charge in [0.05, 0.1) is 6.54 Å². The first-order chi connectivity index (χ1) is 5.66. The van der Waals surface area contributed by atoms with Crippen LogP contribution in [0.2, 0.25) is 0 Å². The number of guanidine groups is 1. The smallest absolute Gasteiger partial charge is 0.189 e. The molecule has 0 fully saturated rings. The van der Waals surface area contributed by atoms with Gasteiger partial charge in [-0.15, -0.1) is 5.92 Å². The predicted molar refractivity (Wildman–Crippen MR) is 52.8 cm³/mol. The second kappa shape index (κ2) is 6.53. The molecule has 0 radical (unpaired) electrons. The van der Waals surface area contributed by atoms with Crippen molar-refractivity contribution < 1.29 is 0 Å². The van der Waals surface area contributed by atoms with Crippen LogP contribution in [0.25, 0.3) is 0 Å². The van der Waals surface area contributed by atoms with E-state index in [2.05, 4.69) is 36.0 Å². The average molecular weight is 167 g/mol. The van der Waals surface area contributed by atoms with Crippen LogP contribution >= 0.6 is 0 Å². The van der Waals surface area contributed by atoms with Crippen molar-refractivity contribution in [2.45, 2.75) is 20.8 Å². The molecule has 0 aromatic heterocycles. The molecule has 0 atom stereocenters. The van der Waals surface area contributed by atoms with Crippen molar-refractivity contribution in [1.29, 1.82) is 0 Å². The normalized spacial score (nSPS) is 10.8. The first-order valence-electron chi connectivity index (χ1n) is 4.10. The molecule has 0 saturated heterocycles. The van der Waals surface area contributed by atoms with Gasteiger partial charge in [0.25, 0.3) is 0 Å². The fourth-order valence-corrected chi connectivity index (χ4v) is 0.560. The van der Waals surface area contributed by atoms with Crippen LogP contribution in [0.3, 0.4) is 0 Å². The number of rotatable bonds is 3. The summed E-state index contributed by atoms with van der Waals surface area (Å²) >= 11 is 0. The van der Waals surface area contributed by atoms with Crippen LogP contribution in [0.4, 0.5) is 0 Å². The Bertz CT molecular complexity index is 196. The summed E-state index contributed by atoms with van der Waals surface area (Å²) in [4.78, 5) is 4.11. The molecule has 12 heavy (non-hydrogen) atoms. The first kappa shape index (κ1) is 10.8. The number of hydrogen-bond donors (Lipinski definition) is 2. The van der Waals surface area contributed by atoms with E-state index >= 15 is 0 Å². The van der Waals surface area contributed by atoms with Gasteiger partial charge in [-0.3, -0.25) is 4.99 Å². The molecular weight excluding hydrogens is 150 g/mol. The predicted octanol–water partition coefficient (Wildman–Crippen LogP) is 0.570. The first-order valence-corrected chi connectivity index (χ1v) is 4.10. The summed E-state index contributed by atoms with van der Waals surface area (Å²) in [5, 5.41) is 2.89. The highest BCUT2D eigenvalue weighted by atomic mass is 15.1. The van der Waals surface area contributed by atoms with Crippen LogP contribution in [0.5, 0.6) is 0 Å². The molecule has 3 heteroatoms. The maximum absolute atomic E-state index is 5.53. The Morgan fingerprint density at radius 1 is 1.58 bits per heavy atom. The van der Waals surface area contributed by atoms with Crippen molar-refractivity contribution in [2.75, 3.05) is 13.1 Å². The molecule has 0 spiro atoms. The zero-order chi connectivity index (χ0) is 9.40. The summed E-state index contributed by atoms with van der Waals surface area (Å²) in [6, 6.07) is 0. The van der Waals surface area contributed by atoms with E-state index < -0.39 is 0 Å². The van der Waals surface area contributed by atoms with Crippen LogP contribution < -0.4 is 11.1 Å². The van der Waals surface area contributed by atoms with E-state index in [0.717, 1.165) is 6.54 Å². The van der Waals surface area contributed by atoms with Crippen LogP contribution in [0.1, 0.15) is 20.8 Å². The monoisotopic (exact) mass is 167 g/mol. The summed E-state index contributed by atoms with van der Waals surface area (Å²) in [6.45, 7) is 7.33. The molecule has 0 aliphatic heterocycles. The Balaban J connectivity index is 3.60. The highest BCUT2D eigenvalue weighted by molar-refractivity contribution is 5.78. The molecule has 3 N–H and O–H groups in total. The zero-order valence-corrected chi connectivity index (χ0v) is 8.02. The van der Waals surface area contributed by atoms with Crippen LogP contribution in [-0.2, 0) is 0 Å². The van der Waals surface area contributed by atoms with Crippen LogP contribution in [0, 0.1) is 17.8 Å². The summed E-state index contributed by atoms with van der Waals surface area (Å²) in [7, 11) is 0. The number of aliphatic imine (C=N–C) groups is 1. The Morgan fingerprint density at radius 3 is 2.75 bits per heavy atom. The Morgan fingerprint density at radius 2 is 2.25 bits per heavy atom. The Hall–Kier alpha value is -1.17. The van der Waals surface area contributed by atoms with E-state index in [1.54, 1.807) is 6.92 Å². The molecule has 3 nitrogen and oxygen atoms in total. The molecule has 0 unspecified atom stereocenters. The van der Waals surface area contributed by atoms with Gasteiger partial charge in [-0.25, -0.2) is 0 Å². The number of nitrogens with zero attached hydrogens (tertiary/aromatic N) is 1. The van der Waals surface area contributed by atoms with Gasteiger partial charge in [-0.1, -0.05) is 19.8 Å². The molecule has 0 aromatic carbocycles. The lowest BCUT2D eigenvalue weighted by atomic mass is 10.2. The van der Waals surface area contributed by atoms with Crippen LogP contribution in [0.15, 0.2) is 4.99 Å². The van der Waals surface area contributed by atoms with Crippen molar-refractivity contribution in [3.63, 3.8) is 0 Å². The zero-order valence-electron chi connectivity index (χ0n) is 8.02. The molecular formula is C9H17N3. The third-order valence-corrected chi connectivity index (χ3v) is 1.16. The third kappa shape index (κ3) is 6.94. The van der Waals surface area contributed by atoms with Gasteiger partial charge >= 0.3 is 0 Å². The minimum Gasteiger partial charge on any atom is -0.370 e. The quantitative estimate of drug-likeness (QED) is 0.367. The molecule has 68 valence electrons. The fraction of sp³-hybridized carbons (Fsp3) is 0.667. The average Bonchev–Trinajstić information content (AvgIpc) is 2.01. The van der Waals surface area contributed by atoms with Crippen molar-refractivity contribution in [2.24, 2.45) is 16.6 Å². The van der Waals surface area contributed by atoms with Crippen molar-refractivity contribution in [1.82, 2.24) is 5.32 Å². The van der Waals surface area contributed by atoms with Crippen LogP contribution in [-0.4, -0.2) is 19.0 Å². The maximum Gasteiger partial charge on any atom is 0.189 e. The maximum atomic E-state index is 5.53. The second-order valence-electron chi connectivity index (χ2n) is 2.90. The van der Waals surface area contributed by atoms with Gasteiger partial charge in [0, 0.05) is 6.54 Å². The van der Waals surface area contributed by atoms with E-state index in [9.17, 15) is 0 Å². The van der Waals surface area contributed by atoms with Gasteiger partial charge in [0.15, 0.2) is 5.96 Å². The lowest BCUT2D eigenvalue weighted by Crippen LogP contribution is -2.32. The summed E-state index contributed by atoms with van der Waals surface area (Å²) in [5.41, 5.74) is 5.53. The molecule has 0 amide bonds. The minimum atomic E-state index is 0.478. The molecule has 0 aliphatic rings. The largest absolute Gasteiger partial charge is 0.370 e. The molecule has 0 aromatic rings. The lowest BCUT2D eigenvalue weighted by Gasteiger charge is -2.02. The fourth-order valence-electron chi connectivity index (χ4n) is 0.560. The second-order valence-corrected chi connectivity index (χ2v) is 2.90. The summed E-state index contributed by atoms with van der Waals surface area (Å²) < 4.78 is 0. The van der Waals surface area contributed by atoms with E-state index in [-0.39, 0.29) is 0 Å². The highest BCUT2D eigenvalue weighted by Crippen LogP contribution is 1.89. The van der Waals surface area contributed by atoms with E-state index in [4.69, 9.17) is 5.73 Å². The molecule has 0 saturated carbocycles. The van der Waals surface area contributed by atoms with E-state index in [0.29, 0.717) is 18.4 Å². The van der Waals surface area contributed by atoms with Gasteiger partial charge in [0.1, 0.15) is 0 Å². The van der Waals surface area contributed by atoms with Gasteiger partial charge < -0.3 is 11.1 Å². The van der Waals surface area contributed by atoms with Gasteiger partial charge in [0.2, 0.25) is 0 Å². The molecule has 0 bridgehead atoms. The van der Waals surface area contributed by atoms with E-state index in [1.807, 2.05) is 0 Å².